The molecule has 13 heavy (non-hydrogen) atoms. The van der Waals surface area contributed by atoms with Crippen LogP contribution >= 0.6 is 0 Å². The van der Waals surface area contributed by atoms with E-state index < -0.39 is 0 Å². The van der Waals surface area contributed by atoms with Gasteiger partial charge in [-0.2, -0.15) is 0 Å². The Morgan fingerprint density at radius 1 is 1.46 bits per heavy atom. The van der Waals surface area contributed by atoms with Crippen LogP contribution in [0, 0.1) is 0 Å². The second-order valence-corrected chi connectivity index (χ2v) is 3.29. The number of carbonyl (C=O) groups excluding carboxylic acids is 1. The third-order valence-electron chi connectivity index (χ3n) is 2.09. The summed E-state index contributed by atoms with van der Waals surface area (Å²) in [5.74, 6) is 0. The van der Waals surface area contributed by atoms with E-state index in [-0.39, 0.29) is 6.03 Å². The van der Waals surface area contributed by atoms with Gasteiger partial charge in [-0.25, -0.2) is 4.79 Å². The number of carbonyl (C=O) groups is 1. The average Bonchev–Trinajstić information content (AvgIpc) is 2.16. The summed E-state index contributed by atoms with van der Waals surface area (Å²) in [6, 6.07) is 0.249. The lowest BCUT2D eigenvalue weighted by molar-refractivity contribution is 0.0801. The molecule has 0 aromatic rings. The van der Waals surface area contributed by atoms with Gasteiger partial charge in [-0.05, 0) is 19.3 Å². The maximum Gasteiger partial charge on any atom is 0.315 e. The lowest BCUT2D eigenvalue weighted by atomic mass is 10.1. The molecular formula is C9H18N2O2. The maximum absolute atomic E-state index is 11.2. The molecule has 0 aromatic carbocycles. The molecule has 2 amide bonds. The average molecular weight is 186 g/mol. The Morgan fingerprint density at radius 3 is 2.77 bits per heavy atom. The topological polar surface area (TPSA) is 50.4 Å². The van der Waals surface area contributed by atoms with Crippen molar-refractivity contribution in [2.45, 2.75) is 32.2 Å². The molecule has 0 unspecified atom stereocenters. The lowest BCUT2D eigenvalue weighted by Gasteiger charge is -2.23. The molecule has 1 fully saturated rings. The Hall–Kier alpha value is -0.770. The van der Waals surface area contributed by atoms with E-state index in [4.69, 9.17) is 4.74 Å². The summed E-state index contributed by atoms with van der Waals surface area (Å²) in [6.45, 7) is 4.31. The monoisotopic (exact) mass is 186 g/mol. The van der Waals surface area contributed by atoms with Crippen LogP contribution in [0.25, 0.3) is 0 Å². The molecule has 1 heterocycles. The van der Waals surface area contributed by atoms with Gasteiger partial charge in [0.2, 0.25) is 0 Å². The molecule has 1 saturated heterocycles. The van der Waals surface area contributed by atoms with E-state index in [0.717, 1.165) is 39.0 Å². The largest absolute Gasteiger partial charge is 0.381 e. The van der Waals surface area contributed by atoms with E-state index in [9.17, 15) is 4.79 Å². The van der Waals surface area contributed by atoms with Crippen molar-refractivity contribution < 1.29 is 9.53 Å². The molecular weight excluding hydrogens is 168 g/mol. The third-order valence-corrected chi connectivity index (χ3v) is 2.09. The van der Waals surface area contributed by atoms with Crippen molar-refractivity contribution in [2.24, 2.45) is 0 Å². The zero-order chi connectivity index (χ0) is 9.52. The molecule has 4 heteroatoms. The molecule has 76 valence electrons. The van der Waals surface area contributed by atoms with Crippen molar-refractivity contribution >= 4 is 6.03 Å². The summed E-state index contributed by atoms with van der Waals surface area (Å²) in [7, 11) is 0. The van der Waals surface area contributed by atoms with E-state index in [1.165, 1.54) is 0 Å². The zero-order valence-electron chi connectivity index (χ0n) is 8.14. The number of ether oxygens (including phenoxy) is 1. The molecule has 0 saturated carbocycles. The standard InChI is InChI=1S/C9H18N2O2/c1-2-5-10-9(12)11-8-3-6-13-7-4-8/h8H,2-7H2,1H3,(H2,10,11,12). The molecule has 1 rings (SSSR count). The second kappa shape index (κ2) is 5.80. The molecule has 4 nitrogen and oxygen atoms in total. The van der Waals surface area contributed by atoms with Gasteiger partial charge in [0.05, 0.1) is 0 Å². The van der Waals surface area contributed by atoms with Gasteiger partial charge in [0.1, 0.15) is 0 Å². The van der Waals surface area contributed by atoms with Crippen LogP contribution in [-0.2, 0) is 4.74 Å². The highest BCUT2D eigenvalue weighted by Crippen LogP contribution is 2.05. The van der Waals surface area contributed by atoms with E-state index in [1.54, 1.807) is 0 Å². The predicted molar refractivity (Wildman–Crippen MR) is 50.7 cm³/mol. The van der Waals surface area contributed by atoms with Gasteiger partial charge >= 0.3 is 6.03 Å². The van der Waals surface area contributed by atoms with Crippen LogP contribution in [0.4, 0.5) is 4.79 Å². The molecule has 0 aromatic heterocycles. The Bertz CT molecular complexity index is 156. The molecule has 1 aliphatic rings. The summed E-state index contributed by atoms with van der Waals surface area (Å²) in [4.78, 5) is 11.2. The molecule has 0 bridgehead atoms. The zero-order valence-corrected chi connectivity index (χ0v) is 8.14. The van der Waals surface area contributed by atoms with Crippen molar-refractivity contribution in [3.8, 4) is 0 Å². The van der Waals surface area contributed by atoms with Crippen LogP contribution < -0.4 is 10.6 Å². The number of nitrogens with one attached hydrogen (secondary N) is 2. The third kappa shape index (κ3) is 4.12. The molecule has 0 radical (unpaired) electrons. The maximum atomic E-state index is 11.2. The smallest absolute Gasteiger partial charge is 0.315 e. The minimum atomic E-state index is -0.0475. The lowest BCUT2D eigenvalue weighted by Crippen LogP contribution is -2.44. The normalized spacial score (nSPS) is 18.2. The fraction of sp³-hybridized carbons (Fsp3) is 0.889. The number of urea groups is 1. The molecule has 0 spiro atoms. The van der Waals surface area contributed by atoms with Crippen LogP contribution in [0.15, 0.2) is 0 Å². The Labute approximate surface area is 79.0 Å². The molecule has 1 aliphatic heterocycles. The van der Waals surface area contributed by atoms with E-state index in [2.05, 4.69) is 10.6 Å². The van der Waals surface area contributed by atoms with Gasteiger partial charge in [-0.15, -0.1) is 0 Å². The Kier molecular flexibility index (Phi) is 4.60. The first-order valence-electron chi connectivity index (χ1n) is 4.95. The molecule has 2 N–H and O–H groups in total. The Morgan fingerprint density at radius 2 is 2.15 bits per heavy atom. The summed E-state index contributed by atoms with van der Waals surface area (Å²) < 4.78 is 5.19. The van der Waals surface area contributed by atoms with Crippen LogP contribution in [0.1, 0.15) is 26.2 Å². The summed E-state index contributed by atoms with van der Waals surface area (Å²) in [5, 5.41) is 5.71. The van der Waals surface area contributed by atoms with Gasteiger partial charge in [-0.3, -0.25) is 0 Å². The quantitative estimate of drug-likeness (QED) is 0.687. The van der Waals surface area contributed by atoms with Gasteiger partial charge in [0.15, 0.2) is 0 Å². The van der Waals surface area contributed by atoms with Crippen molar-refractivity contribution in [2.75, 3.05) is 19.8 Å². The summed E-state index contributed by atoms with van der Waals surface area (Å²) in [6.07, 6.45) is 2.83. The summed E-state index contributed by atoms with van der Waals surface area (Å²) >= 11 is 0. The molecule has 0 aliphatic carbocycles. The second-order valence-electron chi connectivity index (χ2n) is 3.29. The summed E-state index contributed by atoms with van der Waals surface area (Å²) in [5.41, 5.74) is 0. The first-order chi connectivity index (χ1) is 6.33. The Balaban J connectivity index is 2.11. The van der Waals surface area contributed by atoms with Crippen LogP contribution in [-0.4, -0.2) is 31.8 Å². The molecule has 0 atom stereocenters. The number of hydrogen-bond donors (Lipinski definition) is 2. The highest BCUT2D eigenvalue weighted by Gasteiger charge is 2.15. The minimum Gasteiger partial charge on any atom is -0.381 e. The fourth-order valence-electron chi connectivity index (χ4n) is 1.32. The number of hydrogen-bond acceptors (Lipinski definition) is 2. The SMILES string of the molecule is CCCNC(=O)NC1CCOCC1. The van der Waals surface area contributed by atoms with E-state index in [0.29, 0.717) is 6.04 Å². The van der Waals surface area contributed by atoms with Gasteiger partial charge in [-0.1, -0.05) is 6.92 Å². The highest BCUT2D eigenvalue weighted by atomic mass is 16.5. The fourth-order valence-corrected chi connectivity index (χ4v) is 1.32. The van der Waals surface area contributed by atoms with Crippen LogP contribution in [0.3, 0.4) is 0 Å². The first-order valence-corrected chi connectivity index (χ1v) is 4.95. The van der Waals surface area contributed by atoms with Crippen LogP contribution in [0.5, 0.6) is 0 Å². The van der Waals surface area contributed by atoms with E-state index in [1.807, 2.05) is 6.92 Å². The first kappa shape index (κ1) is 10.3. The van der Waals surface area contributed by atoms with Crippen molar-refractivity contribution in [1.29, 1.82) is 0 Å². The predicted octanol–water partition coefficient (Wildman–Crippen LogP) is 0.875. The highest BCUT2D eigenvalue weighted by molar-refractivity contribution is 5.74. The van der Waals surface area contributed by atoms with Crippen molar-refractivity contribution in [3.05, 3.63) is 0 Å². The van der Waals surface area contributed by atoms with Gasteiger partial charge in [0, 0.05) is 25.8 Å². The van der Waals surface area contributed by atoms with E-state index >= 15 is 0 Å². The van der Waals surface area contributed by atoms with Crippen molar-refractivity contribution in [1.82, 2.24) is 10.6 Å². The van der Waals surface area contributed by atoms with Gasteiger partial charge in [0.25, 0.3) is 0 Å². The minimum absolute atomic E-state index is 0.0475. The van der Waals surface area contributed by atoms with Crippen LogP contribution in [0.2, 0.25) is 0 Å². The van der Waals surface area contributed by atoms with Crippen molar-refractivity contribution in [3.63, 3.8) is 0 Å². The number of amides is 2. The number of rotatable bonds is 3. The van der Waals surface area contributed by atoms with Gasteiger partial charge < -0.3 is 15.4 Å².